The first-order chi connectivity index (χ1) is 6.56. The van der Waals surface area contributed by atoms with Crippen LogP contribution in [0.4, 0.5) is 4.39 Å². The average Bonchev–Trinajstić information content (AvgIpc) is 2.11. The minimum atomic E-state index is -0.433. The van der Waals surface area contributed by atoms with Gasteiger partial charge in [-0.25, -0.2) is 9.18 Å². The number of esters is 1. The highest BCUT2D eigenvalue weighted by atomic mass is 127. The number of halogens is 3. The maximum Gasteiger partial charge on any atom is 0.339 e. The summed E-state index contributed by atoms with van der Waals surface area (Å²) in [5.74, 6) is -0.819. The van der Waals surface area contributed by atoms with Gasteiger partial charge < -0.3 is 4.74 Å². The minimum Gasteiger partial charge on any atom is -0.462 e. The van der Waals surface area contributed by atoms with Crippen LogP contribution in [0.5, 0.6) is 0 Å². The van der Waals surface area contributed by atoms with Crippen LogP contribution in [0.2, 0.25) is 0 Å². The number of hydrogen-bond donors (Lipinski definition) is 0. The lowest BCUT2D eigenvalue weighted by molar-refractivity contribution is 0.0525. The van der Waals surface area contributed by atoms with Crippen LogP contribution in [0, 0.1) is 9.39 Å². The van der Waals surface area contributed by atoms with Crippen molar-refractivity contribution in [3.8, 4) is 0 Å². The van der Waals surface area contributed by atoms with Crippen LogP contribution in [-0.4, -0.2) is 12.6 Å². The second-order valence-corrected chi connectivity index (χ2v) is 4.48. The third-order valence-electron chi connectivity index (χ3n) is 1.51. The molecule has 0 bridgehead atoms. The predicted molar refractivity (Wildman–Crippen MR) is 62.8 cm³/mol. The van der Waals surface area contributed by atoms with E-state index >= 15 is 0 Å². The van der Waals surface area contributed by atoms with E-state index in [1.807, 2.05) is 22.6 Å². The molecule has 14 heavy (non-hydrogen) atoms. The van der Waals surface area contributed by atoms with Gasteiger partial charge >= 0.3 is 5.97 Å². The number of carbonyl (C=O) groups excluding carboxylic acids is 1. The summed E-state index contributed by atoms with van der Waals surface area (Å²) in [5, 5.41) is 0. The maximum absolute atomic E-state index is 13.0. The highest BCUT2D eigenvalue weighted by Crippen LogP contribution is 2.22. The van der Waals surface area contributed by atoms with E-state index in [9.17, 15) is 9.18 Å². The Kier molecular flexibility index (Phi) is 4.31. The predicted octanol–water partition coefficient (Wildman–Crippen LogP) is 3.37. The van der Waals surface area contributed by atoms with Gasteiger partial charge in [-0.15, -0.1) is 0 Å². The first-order valence-corrected chi connectivity index (χ1v) is 5.75. The molecular formula is C9H7BrFIO2. The molecule has 0 atom stereocenters. The molecule has 0 heterocycles. The molecule has 0 aliphatic carbocycles. The minimum absolute atomic E-state index is 0.265. The summed E-state index contributed by atoms with van der Waals surface area (Å²) in [6, 6.07) is 2.71. The zero-order valence-electron chi connectivity index (χ0n) is 7.31. The average molecular weight is 373 g/mol. The number of ether oxygens (including phenoxy) is 1. The largest absolute Gasteiger partial charge is 0.462 e. The van der Waals surface area contributed by atoms with E-state index < -0.39 is 5.97 Å². The third-order valence-corrected chi connectivity index (χ3v) is 3.01. The fourth-order valence-electron chi connectivity index (χ4n) is 0.888. The molecule has 1 rings (SSSR count). The molecule has 5 heteroatoms. The van der Waals surface area contributed by atoms with Gasteiger partial charge in [-0.2, -0.15) is 0 Å². The molecule has 0 aliphatic heterocycles. The van der Waals surface area contributed by atoms with E-state index in [1.54, 1.807) is 6.92 Å². The van der Waals surface area contributed by atoms with Crippen molar-refractivity contribution in [2.45, 2.75) is 6.92 Å². The molecule has 0 unspecified atom stereocenters. The normalized spacial score (nSPS) is 10.0. The highest BCUT2D eigenvalue weighted by molar-refractivity contribution is 14.1. The number of carbonyl (C=O) groups is 1. The van der Waals surface area contributed by atoms with Crippen LogP contribution in [-0.2, 0) is 4.74 Å². The first kappa shape index (κ1) is 11.9. The van der Waals surface area contributed by atoms with Crippen molar-refractivity contribution >= 4 is 44.5 Å². The van der Waals surface area contributed by atoms with Gasteiger partial charge in [-0.05, 0) is 57.6 Å². The lowest BCUT2D eigenvalue weighted by atomic mass is 10.2. The van der Waals surface area contributed by atoms with E-state index in [-0.39, 0.29) is 10.3 Å². The zero-order valence-corrected chi connectivity index (χ0v) is 11.1. The molecule has 0 spiro atoms. The molecule has 1 aromatic carbocycles. The van der Waals surface area contributed by atoms with Crippen LogP contribution in [0.1, 0.15) is 17.3 Å². The van der Waals surface area contributed by atoms with Gasteiger partial charge in [-0.3, -0.25) is 0 Å². The summed E-state index contributed by atoms with van der Waals surface area (Å²) in [6.45, 7) is 2.03. The van der Waals surface area contributed by atoms with Crippen molar-refractivity contribution in [3.05, 3.63) is 31.6 Å². The van der Waals surface area contributed by atoms with Crippen molar-refractivity contribution in [1.82, 2.24) is 0 Å². The van der Waals surface area contributed by atoms with Crippen molar-refractivity contribution in [3.63, 3.8) is 0 Å². The van der Waals surface area contributed by atoms with Crippen molar-refractivity contribution < 1.29 is 13.9 Å². The summed E-state index contributed by atoms with van der Waals surface area (Å²) in [7, 11) is 0. The molecule has 76 valence electrons. The highest BCUT2D eigenvalue weighted by Gasteiger charge is 2.13. The molecule has 0 fully saturated rings. The van der Waals surface area contributed by atoms with Crippen molar-refractivity contribution in [2.24, 2.45) is 0 Å². The Bertz CT molecular complexity index is 368. The van der Waals surface area contributed by atoms with Crippen LogP contribution in [0.3, 0.4) is 0 Å². The molecule has 0 amide bonds. The smallest absolute Gasteiger partial charge is 0.339 e. The summed E-state index contributed by atoms with van der Waals surface area (Å²) in [6.07, 6.45) is 0. The third kappa shape index (κ3) is 2.66. The van der Waals surface area contributed by atoms with Crippen LogP contribution < -0.4 is 0 Å². The summed E-state index contributed by atoms with van der Waals surface area (Å²) < 4.78 is 18.6. The number of benzene rings is 1. The van der Waals surface area contributed by atoms with Gasteiger partial charge in [0.05, 0.1) is 16.6 Å². The van der Waals surface area contributed by atoms with E-state index in [4.69, 9.17) is 4.74 Å². The van der Waals surface area contributed by atoms with Gasteiger partial charge in [0.1, 0.15) is 5.82 Å². The molecular weight excluding hydrogens is 366 g/mol. The van der Waals surface area contributed by atoms with E-state index in [0.717, 1.165) is 0 Å². The zero-order chi connectivity index (χ0) is 10.7. The quantitative estimate of drug-likeness (QED) is 0.452. The number of rotatable bonds is 2. The summed E-state index contributed by atoms with van der Waals surface area (Å²) in [4.78, 5) is 11.4. The fourth-order valence-corrected chi connectivity index (χ4v) is 1.88. The Morgan fingerprint density at radius 2 is 2.29 bits per heavy atom. The van der Waals surface area contributed by atoms with E-state index in [0.29, 0.717) is 15.7 Å². The Balaban J connectivity index is 3.09. The van der Waals surface area contributed by atoms with Gasteiger partial charge in [-0.1, -0.05) is 0 Å². The molecule has 0 radical (unpaired) electrons. The summed E-state index contributed by atoms with van der Waals surface area (Å²) >= 11 is 4.91. The molecule has 2 nitrogen and oxygen atoms in total. The van der Waals surface area contributed by atoms with Gasteiger partial charge in [0.2, 0.25) is 0 Å². The molecule has 1 aromatic rings. The maximum atomic E-state index is 13.0. The molecule has 0 saturated carbocycles. The Hall–Kier alpha value is -0.170. The molecule has 0 aromatic heterocycles. The standard InChI is InChI=1S/C9H7BrFIO2/c1-2-14-9(13)5-3-6(10)7(11)4-8(5)12/h3-4H,2H2,1H3. The van der Waals surface area contributed by atoms with Crippen molar-refractivity contribution in [2.75, 3.05) is 6.61 Å². The van der Waals surface area contributed by atoms with E-state index in [2.05, 4.69) is 15.9 Å². The Morgan fingerprint density at radius 1 is 1.64 bits per heavy atom. The van der Waals surface area contributed by atoms with Crippen LogP contribution in [0.15, 0.2) is 16.6 Å². The van der Waals surface area contributed by atoms with Gasteiger partial charge in [0.25, 0.3) is 0 Å². The second-order valence-electron chi connectivity index (χ2n) is 2.47. The molecule has 0 N–H and O–H groups in total. The lowest BCUT2D eigenvalue weighted by Crippen LogP contribution is -2.07. The van der Waals surface area contributed by atoms with Crippen molar-refractivity contribution in [1.29, 1.82) is 0 Å². The molecule has 0 aliphatic rings. The molecule has 0 saturated heterocycles. The van der Waals surface area contributed by atoms with Gasteiger partial charge in [0.15, 0.2) is 0 Å². The monoisotopic (exact) mass is 372 g/mol. The topological polar surface area (TPSA) is 26.3 Å². The first-order valence-electron chi connectivity index (χ1n) is 3.88. The van der Waals surface area contributed by atoms with Gasteiger partial charge in [0, 0.05) is 3.57 Å². The SMILES string of the molecule is CCOC(=O)c1cc(Br)c(F)cc1I. The fraction of sp³-hybridized carbons (Fsp3) is 0.222. The number of hydrogen-bond acceptors (Lipinski definition) is 2. The van der Waals surface area contributed by atoms with Crippen LogP contribution >= 0.6 is 38.5 Å². The lowest BCUT2D eigenvalue weighted by Gasteiger charge is -2.05. The Morgan fingerprint density at radius 3 is 2.86 bits per heavy atom. The Labute approximate surface area is 103 Å². The second kappa shape index (κ2) is 5.06. The summed E-state index contributed by atoms with van der Waals surface area (Å²) in [5.41, 5.74) is 0.376. The van der Waals surface area contributed by atoms with E-state index in [1.165, 1.54) is 12.1 Å². The van der Waals surface area contributed by atoms with Crippen LogP contribution in [0.25, 0.3) is 0 Å².